The molecule has 0 aliphatic carbocycles. The van der Waals surface area contributed by atoms with Gasteiger partial charge in [0.2, 0.25) is 0 Å². The van der Waals surface area contributed by atoms with E-state index in [1.807, 2.05) is 0 Å². The van der Waals surface area contributed by atoms with Gasteiger partial charge in [0, 0.05) is 36.8 Å². The van der Waals surface area contributed by atoms with Crippen molar-refractivity contribution in [1.29, 1.82) is 0 Å². The second-order valence-corrected chi connectivity index (χ2v) is 7.98. The van der Waals surface area contributed by atoms with Gasteiger partial charge in [-0.3, -0.25) is 14.6 Å². The van der Waals surface area contributed by atoms with Gasteiger partial charge in [0.25, 0.3) is 5.91 Å². The van der Waals surface area contributed by atoms with E-state index >= 15 is 0 Å². The predicted molar refractivity (Wildman–Crippen MR) is 110 cm³/mol. The summed E-state index contributed by atoms with van der Waals surface area (Å²) in [5.74, 6) is -0.487. The third-order valence-electron chi connectivity index (χ3n) is 4.63. The zero-order valence-electron chi connectivity index (χ0n) is 15.1. The van der Waals surface area contributed by atoms with Crippen molar-refractivity contribution < 1.29 is 13.9 Å². The van der Waals surface area contributed by atoms with Gasteiger partial charge in [-0.1, -0.05) is 29.0 Å². The number of morpholine rings is 1. The minimum atomic E-state index is -0.316. The fourth-order valence-electron chi connectivity index (χ4n) is 3.13. The van der Waals surface area contributed by atoms with Crippen LogP contribution in [0.4, 0.5) is 9.52 Å². The van der Waals surface area contributed by atoms with Crippen LogP contribution in [0.15, 0.2) is 42.5 Å². The highest BCUT2D eigenvalue weighted by atomic mass is 35.5. The Balaban J connectivity index is 1.63. The second-order valence-electron chi connectivity index (χ2n) is 6.53. The molecule has 0 N–H and O–H groups in total. The number of anilines is 1. The Bertz CT molecular complexity index is 990. The van der Waals surface area contributed by atoms with Crippen molar-refractivity contribution in [3.63, 3.8) is 0 Å². The summed E-state index contributed by atoms with van der Waals surface area (Å²) < 4.78 is 19.7. The maximum absolute atomic E-state index is 13.6. The summed E-state index contributed by atoms with van der Waals surface area (Å²) in [6.07, 6.45) is 0. The Morgan fingerprint density at radius 1 is 1.25 bits per heavy atom. The zero-order valence-corrected chi connectivity index (χ0v) is 16.7. The number of halogens is 2. The number of thiazole rings is 1. The first-order valence-corrected chi connectivity index (χ1v) is 10.2. The Hall–Kier alpha value is -2.06. The molecule has 4 rings (SSSR count). The van der Waals surface area contributed by atoms with E-state index in [4.69, 9.17) is 16.3 Å². The Labute approximate surface area is 171 Å². The first-order chi connectivity index (χ1) is 13.6. The number of fused-ring (bicyclic) bond motifs is 1. The molecule has 0 radical (unpaired) electrons. The highest BCUT2D eigenvalue weighted by molar-refractivity contribution is 7.22. The van der Waals surface area contributed by atoms with Gasteiger partial charge in [-0.05, 0) is 36.4 Å². The largest absolute Gasteiger partial charge is 0.379 e. The number of aromatic nitrogens is 1. The van der Waals surface area contributed by atoms with Crippen molar-refractivity contribution in [1.82, 2.24) is 9.88 Å². The minimum Gasteiger partial charge on any atom is -0.379 e. The Morgan fingerprint density at radius 2 is 2.07 bits per heavy atom. The summed E-state index contributed by atoms with van der Waals surface area (Å²) in [6, 6.07) is 11.3. The van der Waals surface area contributed by atoms with Gasteiger partial charge in [0.05, 0.1) is 23.4 Å². The predicted octanol–water partition coefficient (Wildman–Crippen LogP) is 4.07. The first-order valence-electron chi connectivity index (χ1n) is 9.04. The summed E-state index contributed by atoms with van der Waals surface area (Å²) in [6.45, 7) is 4.26. The van der Waals surface area contributed by atoms with Crippen molar-refractivity contribution in [2.24, 2.45) is 0 Å². The number of hydrogen-bond donors (Lipinski definition) is 0. The fraction of sp³-hybridized carbons (Fsp3) is 0.300. The molecule has 1 saturated heterocycles. The monoisotopic (exact) mass is 419 g/mol. The quantitative estimate of drug-likeness (QED) is 0.625. The van der Waals surface area contributed by atoms with Crippen molar-refractivity contribution in [2.75, 3.05) is 44.3 Å². The van der Waals surface area contributed by atoms with Gasteiger partial charge in [-0.15, -0.1) is 0 Å². The lowest BCUT2D eigenvalue weighted by Gasteiger charge is -2.29. The van der Waals surface area contributed by atoms with E-state index in [1.54, 1.807) is 35.2 Å². The van der Waals surface area contributed by atoms with Crippen LogP contribution in [0, 0.1) is 5.82 Å². The normalized spacial score (nSPS) is 15.1. The summed E-state index contributed by atoms with van der Waals surface area (Å²) in [4.78, 5) is 21.7. The third kappa shape index (κ3) is 4.33. The van der Waals surface area contributed by atoms with Crippen LogP contribution in [-0.2, 0) is 4.74 Å². The van der Waals surface area contributed by atoms with Crippen LogP contribution in [0.5, 0.6) is 0 Å². The molecular weight excluding hydrogens is 401 g/mol. The molecule has 1 aliphatic heterocycles. The number of amides is 1. The lowest BCUT2D eigenvalue weighted by atomic mass is 10.2. The minimum absolute atomic E-state index is 0.171. The van der Waals surface area contributed by atoms with Gasteiger partial charge in [-0.2, -0.15) is 0 Å². The summed E-state index contributed by atoms with van der Waals surface area (Å²) >= 11 is 7.38. The number of carbonyl (C=O) groups is 1. The van der Waals surface area contributed by atoms with E-state index in [0.29, 0.717) is 52.2 Å². The number of ether oxygens (including phenoxy) is 1. The average Bonchev–Trinajstić information content (AvgIpc) is 3.11. The number of nitrogens with zero attached hydrogens (tertiary/aromatic N) is 3. The van der Waals surface area contributed by atoms with E-state index in [0.717, 1.165) is 13.1 Å². The van der Waals surface area contributed by atoms with Gasteiger partial charge >= 0.3 is 0 Å². The Kier molecular flexibility index (Phi) is 5.87. The highest BCUT2D eigenvalue weighted by Crippen LogP contribution is 2.30. The van der Waals surface area contributed by atoms with Gasteiger partial charge in [0.15, 0.2) is 5.13 Å². The van der Waals surface area contributed by atoms with Gasteiger partial charge < -0.3 is 4.74 Å². The van der Waals surface area contributed by atoms with Crippen LogP contribution in [0.2, 0.25) is 5.02 Å². The molecule has 8 heteroatoms. The van der Waals surface area contributed by atoms with Crippen LogP contribution < -0.4 is 4.90 Å². The lowest BCUT2D eigenvalue weighted by Crippen LogP contribution is -2.43. The topological polar surface area (TPSA) is 45.7 Å². The molecule has 28 heavy (non-hydrogen) atoms. The average molecular weight is 420 g/mol. The van der Waals surface area contributed by atoms with Crippen molar-refractivity contribution >= 4 is 44.2 Å². The summed E-state index contributed by atoms with van der Waals surface area (Å²) in [7, 11) is 0. The number of rotatable bonds is 5. The highest BCUT2D eigenvalue weighted by Gasteiger charge is 2.23. The maximum Gasteiger partial charge on any atom is 0.260 e. The van der Waals surface area contributed by atoms with Crippen LogP contribution in [0.25, 0.3) is 10.2 Å². The Morgan fingerprint density at radius 3 is 2.86 bits per heavy atom. The van der Waals surface area contributed by atoms with Crippen molar-refractivity contribution in [3.8, 4) is 0 Å². The smallest absolute Gasteiger partial charge is 0.260 e. The lowest BCUT2D eigenvalue weighted by molar-refractivity contribution is 0.0391. The number of hydrogen-bond acceptors (Lipinski definition) is 5. The second kappa shape index (κ2) is 8.53. The molecule has 0 saturated carbocycles. The van der Waals surface area contributed by atoms with Crippen molar-refractivity contribution in [3.05, 3.63) is 58.9 Å². The molecule has 1 aliphatic rings. The molecule has 0 unspecified atom stereocenters. The molecule has 5 nitrogen and oxygen atoms in total. The number of carbonyl (C=O) groups excluding carboxylic acids is 1. The maximum atomic E-state index is 13.6. The molecule has 1 aromatic heterocycles. The summed E-state index contributed by atoms with van der Waals surface area (Å²) in [5.41, 5.74) is 1.18. The molecular formula is C20H19ClFN3O2S. The van der Waals surface area contributed by atoms with Gasteiger partial charge in [-0.25, -0.2) is 9.37 Å². The molecule has 0 bridgehead atoms. The van der Waals surface area contributed by atoms with Crippen LogP contribution in [-0.4, -0.2) is 55.2 Å². The van der Waals surface area contributed by atoms with E-state index in [2.05, 4.69) is 9.88 Å². The molecule has 3 aromatic rings. The van der Waals surface area contributed by atoms with Crippen LogP contribution in [0.3, 0.4) is 0 Å². The summed E-state index contributed by atoms with van der Waals surface area (Å²) in [5, 5.41) is 1.06. The van der Waals surface area contributed by atoms with Crippen molar-refractivity contribution in [2.45, 2.75) is 0 Å². The molecule has 146 valence electrons. The fourth-order valence-corrected chi connectivity index (χ4v) is 4.33. The van der Waals surface area contributed by atoms with E-state index < -0.39 is 0 Å². The molecule has 2 aromatic carbocycles. The molecule has 1 fully saturated rings. The molecule has 0 spiro atoms. The van der Waals surface area contributed by atoms with E-state index in [1.165, 1.54) is 23.5 Å². The third-order valence-corrected chi connectivity index (χ3v) is 5.91. The SMILES string of the molecule is O=C(c1cccc(Cl)c1)N(CCN1CCOCC1)c1nc2ccc(F)cc2s1. The molecule has 0 atom stereocenters. The molecule has 2 heterocycles. The standard InChI is InChI=1S/C20H19ClFN3O2S/c21-15-3-1-2-14(12-15)19(26)25(7-6-24-8-10-27-11-9-24)20-23-17-5-4-16(22)13-18(17)28-20/h1-5,12-13H,6-11H2. The van der Waals surface area contributed by atoms with Crippen LogP contribution in [0.1, 0.15) is 10.4 Å². The van der Waals surface area contributed by atoms with Gasteiger partial charge in [0.1, 0.15) is 5.82 Å². The van der Waals surface area contributed by atoms with E-state index in [-0.39, 0.29) is 11.7 Å². The number of benzene rings is 2. The first kappa shape index (κ1) is 19.3. The van der Waals surface area contributed by atoms with Crippen LogP contribution >= 0.6 is 22.9 Å². The zero-order chi connectivity index (χ0) is 19.5. The van der Waals surface area contributed by atoms with E-state index in [9.17, 15) is 9.18 Å². The molecule has 1 amide bonds.